The van der Waals surface area contributed by atoms with Crippen molar-refractivity contribution in [2.45, 2.75) is 25.9 Å². The van der Waals surface area contributed by atoms with E-state index in [1.807, 2.05) is 0 Å². The van der Waals surface area contributed by atoms with Crippen LogP contribution in [0.5, 0.6) is 0 Å². The molecule has 0 aliphatic rings. The van der Waals surface area contributed by atoms with E-state index in [1.165, 1.54) is 31.2 Å². The molecule has 8 heteroatoms. The van der Waals surface area contributed by atoms with Crippen LogP contribution in [-0.2, 0) is 17.4 Å². The lowest BCUT2D eigenvalue weighted by atomic mass is 10.1. The summed E-state index contributed by atoms with van der Waals surface area (Å²) in [5, 5.41) is -0.0582. The van der Waals surface area contributed by atoms with Gasteiger partial charge in [0.25, 0.3) is 5.91 Å². The molecule has 0 saturated carbocycles. The maximum atomic E-state index is 13.8. The van der Waals surface area contributed by atoms with Crippen LogP contribution in [0.15, 0.2) is 42.5 Å². The van der Waals surface area contributed by atoms with Crippen molar-refractivity contribution in [1.29, 1.82) is 0 Å². The van der Waals surface area contributed by atoms with Crippen molar-refractivity contribution in [3.63, 3.8) is 0 Å². The summed E-state index contributed by atoms with van der Waals surface area (Å²) in [4.78, 5) is 24.4. The Morgan fingerprint density at radius 3 is 2.29 bits per heavy atom. The van der Waals surface area contributed by atoms with Crippen molar-refractivity contribution in [2.75, 3.05) is 0 Å². The van der Waals surface area contributed by atoms with E-state index in [-0.39, 0.29) is 35.4 Å². The Bertz CT molecular complexity index is 1070. The van der Waals surface area contributed by atoms with Gasteiger partial charge in [-0.15, -0.1) is 0 Å². The van der Waals surface area contributed by atoms with Crippen molar-refractivity contribution in [2.24, 2.45) is 0 Å². The zero-order valence-corrected chi connectivity index (χ0v) is 15.4. The number of ketones is 1. The molecule has 1 heterocycles. The predicted molar refractivity (Wildman–Crippen MR) is 97.1 cm³/mol. The van der Waals surface area contributed by atoms with Crippen LogP contribution < -0.4 is 0 Å². The highest BCUT2D eigenvalue weighted by atomic mass is 35.5. The normalized spacial score (nSPS) is 11.8. The number of benzene rings is 2. The zero-order valence-electron chi connectivity index (χ0n) is 14.6. The summed E-state index contributed by atoms with van der Waals surface area (Å²) in [6, 6.07) is 8.54. The van der Waals surface area contributed by atoms with E-state index in [1.54, 1.807) is 0 Å². The summed E-state index contributed by atoms with van der Waals surface area (Å²) in [7, 11) is 0. The summed E-state index contributed by atoms with van der Waals surface area (Å²) in [5.41, 5.74) is -1.44. The molecule has 0 bridgehead atoms. The molecule has 1 aromatic heterocycles. The van der Waals surface area contributed by atoms with Gasteiger partial charge in [0.2, 0.25) is 0 Å². The number of hydrogen-bond acceptors (Lipinski definition) is 2. The molecule has 0 amide bonds. The number of carbonyl (C=O) groups is 2. The lowest BCUT2D eigenvalue weighted by Gasteiger charge is -2.12. The van der Waals surface area contributed by atoms with Gasteiger partial charge in [-0.05, 0) is 55.8 Å². The number of fused-ring (bicyclic) bond motifs is 1. The maximum absolute atomic E-state index is 13.8. The van der Waals surface area contributed by atoms with E-state index in [0.29, 0.717) is 5.02 Å². The number of aromatic nitrogens is 1. The number of nitrogens with zero attached hydrogens (tertiary/aromatic N) is 1. The smallest absolute Gasteiger partial charge is 0.300 e. The number of hydrogen-bond donors (Lipinski definition) is 0. The van der Waals surface area contributed by atoms with E-state index in [4.69, 9.17) is 11.6 Å². The Morgan fingerprint density at radius 2 is 1.71 bits per heavy atom. The van der Waals surface area contributed by atoms with Gasteiger partial charge in [0.05, 0.1) is 11.1 Å². The highest BCUT2D eigenvalue weighted by Gasteiger charge is 2.39. The van der Waals surface area contributed by atoms with E-state index in [9.17, 15) is 27.2 Å². The molecule has 146 valence electrons. The molecule has 0 radical (unpaired) electrons. The van der Waals surface area contributed by atoms with Crippen LogP contribution in [-0.4, -0.2) is 16.3 Å². The fraction of sp³-hybridized carbons (Fsp3) is 0.200. The SMILES string of the molecule is CC(=O)CCc1c(C(F)(F)F)c2cc(F)ccc2n1C(=O)c1ccc(Cl)cc1. The average Bonchev–Trinajstić information content (AvgIpc) is 2.93. The second-order valence-electron chi connectivity index (χ2n) is 6.33. The van der Waals surface area contributed by atoms with Crippen LogP contribution in [0.4, 0.5) is 17.6 Å². The minimum atomic E-state index is -4.83. The third-order valence-electron chi connectivity index (χ3n) is 4.32. The Hall–Kier alpha value is -2.67. The molecular weight excluding hydrogens is 398 g/mol. The second-order valence-corrected chi connectivity index (χ2v) is 6.77. The number of rotatable bonds is 4. The number of halogens is 5. The first-order valence-corrected chi connectivity index (χ1v) is 8.67. The first-order chi connectivity index (χ1) is 13.1. The molecule has 0 spiro atoms. The predicted octanol–water partition coefficient (Wildman–Crippen LogP) is 5.66. The summed E-state index contributed by atoms with van der Waals surface area (Å²) in [6.45, 7) is 1.25. The number of alkyl halides is 3. The molecule has 0 fully saturated rings. The standard InChI is InChI=1S/C20H14ClF4NO2/c1-11(27)2-8-17-18(20(23,24)25)15-10-14(22)7-9-16(15)26(17)19(28)12-3-5-13(21)6-4-12/h3-7,9-10H,2,8H2,1H3. The first kappa shape index (κ1) is 20.1. The van der Waals surface area contributed by atoms with Crippen molar-refractivity contribution in [3.05, 3.63) is 70.1 Å². The van der Waals surface area contributed by atoms with Gasteiger partial charge in [0.1, 0.15) is 11.6 Å². The lowest BCUT2D eigenvalue weighted by Crippen LogP contribution is -2.18. The van der Waals surface area contributed by atoms with Crippen LogP contribution in [0.3, 0.4) is 0 Å². The Morgan fingerprint density at radius 1 is 1.07 bits per heavy atom. The van der Waals surface area contributed by atoms with E-state index < -0.39 is 28.9 Å². The molecule has 0 saturated heterocycles. The van der Waals surface area contributed by atoms with Crippen molar-refractivity contribution < 1.29 is 27.2 Å². The zero-order chi connectivity index (χ0) is 20.6. The van der Waals surface area contributed by atoms with E-state index in [2.05, 4.69) is 0 Å². The second kappa shape index (κ2) is 7.39. The van der Waals surface area contributed by atoms with Crippen LogP contribution in [0.2, 0.25) is 5.02 Å². The lowest BCUT2D eigenvalue weighted by molar-refractivity contribution is -0.137. The molecule has 3 nitrogen and oxygen atoms in total. The molecule has 0 atom stereocenters. The Kier molecular flexibility index (Phi) is 5.30. The van der Waals surface area contributed by atoms with Gasteiger partial charge in [-0.2, -0.15) is 13.2 Å². The van der Waals surface area contributed by atoms with Crippen LogP contribution in [0.25, 0.3) is 10.9 Å². The van der Waals surface area contributed by atoms with Crippen molar-refractivity contribution >= 4 is 34.2 Å². The van der Waals surface area contributed by atoms with Gasteiger partial charge >= 0.3 is 6.18 Å². The minimum Gasteiger partial charge on any atom is -0.300 e. The Balaban J connectivity index is 2.32. The van der Waals surface area contributed by atoms with Crippen LogP contribution >= 0.6 is 11.6 Å². The third-order valence-corrected chi connectivity index (χ3v) is 4.57. The topological polar surface area (TPSA) is 39.1 Å². The van der Waals surface area contributed by atoms with E-state index in [0.717, 1.165) is 22.8 Å². The maximum Gasteiger partial charge on any atom is 0.418 e. The monoisotopic (exact) mass is 411 g/mol. The fourth-order valence-electron chi connectivity index (χ4n) is 3.12. The summed E-state index contributed by atoms with van der Waals surface area (Å²) in [5.74, 6) is -1.90. The fourth-order valence-corrected chi connectivity index (χ4v) is 3.24. The van der Waals surface area contributed by atoms with E-state index >= 15 is 0 Å². The summed E-state index contributed by atoms with van der Waals surface area (Å²) >= 11 is 5.81. The molecule has 0 unspecified atom stereocenters. The number of Topliss-reactive ketones (excluding diaryl/α,β-unsaturated/α-hetero) is 1. The van der Waals surface area contributed by atoms with Gasteiger partial charge in [0.15, 0.2) is 0 Å². The largest absolute Gasteiger partial charge is 0.418 e. The molecule has 2 aromatic carbocycles. The van der Waals surface area contributed by atoms with Gasteiger partial charge in [0, 0.05) is 28.1 Å². The Labute approximate surface area is 162 Å². The molecule has 28 heavy (non-hydrogen) atoms. The summed E-state index contributed by atoms with van der Waals surface area (Å²) < 4.78 is 56.1. The highest BCUT2D eigenvalue weighted by Crippen LogP contribution is 2.40. The molecule has 3 aromatic rings. The summed E-state index contributed by atoms with van der Waals surface area (Å²) in [6.07, 6.45) is -5.32. The quantitative estimate of drug-likeness (QED) is 0.519. The highest BCUT2D eigenvalue weighted by molar-refractivity contribution is 6.30. The minimum absolute atomic E-state index is 0.0766. The first-order valence-electron chi connectivity index (χ1n) is 8.29. The molecule has 0 aliphatic carbocycles. The van der Waals surface area contributed by atoms with Gasteiger partial charge in [-0.3, -0.25) is 9.36 Å². The molecule has 3 rings (SSSR count). The number of carbonyl (C=O) groups excluding carboxylic acids is 2. The van der Waals surface area contributed by atoms with Gasteiger partial charge in [-0.1, -0.05) is 11.6 Å². The molecule has 0 N–H and O–H groups in total. The van der Waals surface area contributed by atoms with Crippen molar-refractivity contribution in [1.82, 2.24) is 4.57 Å². The third kappa shape index (κ3) is 3.80. The van der Waals surface area contributed by atoms with Crippen LogP contribution in [0, 0.1) is 5.82 Å². The molecule has 0 aliphatic heterocycles. The van der Waals surface area contributed by atoms with Gasteiger partial charge < -0.3 is 4.79 Å². The molecular formula is C20H14ClF4NO2. The average molecular weight is 412 g/mol. The van der Waals surface area contributed by atoms with Gasteiger partial charge in [-0.25, -0.2) is 4.39 Å². The van der Waals surface area contributed by atoms with Crippen molar-refractivity contribution in [3.8, 4) is 0 Å². The van der Waals surface area contributed by atoms with Crippen LogP contribution in [0.1, 0.15) is 35.0 Å².